The van der Waals surface area contributed by atoms with Crippen molar-refractivity contribution in [3.63, 3.8) is 0 Å². The van der Waals surface area contributed by atoms with E-state index in [0.717, 1.165) is 24.4 Å². The number of anilines is 1. The van der Waals surface area contributed by atoms with Gasteiger partial charge >= 0.3 is 0 Å². The summed E-state index contributed by atoms with van der Waals surface area (Å²) in [5.41, 5.74) is 0.873. The van der Waals surface area contributed by atoms with Gasteiger partial charge in [0.15, 0.2) is 0 Å². The molecule has 2 rings (SSSR count). The van der Waals surface area contributed by atoms with Crippen LogP contribution in [-0.4, -0.2) is 21.5 Å². The zero-order valence-corrected chi connectivity index (χ0v) is 10.9. The van der Waals surface area contributed by atoms with Crippen LogP contribution in [0.2, 0.25) is 0 Å². The molecule has 0 bridgehead atoms. The van der Waals surface area contributed by atoms with Gasteiger partial charge in [-0.25, -0.2) is 13.1 Å². The molecule has 1 aliphatic carbocycles. The monoisotopic (exact) mass is 254 g/mol. The Labute approximate surface area is 102 Å². The summed E-state index contributed by atoms with van der Waals surface area (Å²) in [5, 5.41) is 3.35. The summed E-state index contributed by atoms with van der Waals surface area (Å²) in [6.07, 6.45) is 2.31. The van der Waals surface area contributed by atoms with Gasteiger partial charge in [0, 0.05) is 11.7 Å². The van der Waals surface area contributed by atoms with E-state index in [0.29, 0.717) is 10.9 Å². The van der Waals surface area contributed by atoms with Gasteiger partial charge < -0.3 is 5.32 Å². The molecule has 0 unspecified atom stereocenters. The van der Waals surface area contributed by atoms with E-state index in [1.165, 1.54) is 7.05 Å². The fraction of sp³-hybridized carbons (Fsp3) is 0.500. The van der Waals surface area contributed by atoms with Crippen molar-refractivity contribution >= 4 is 15.7 Å². The molecule has 1 saturated carbocycles. The zero-order chi connectivity index (χ0) is 12.5. The molecular weight excluding hydrogens is 236 g/mol. The molecule has 2 N–H and O–H groups in total. The summed E-state index contributed by atoms with van der Waals surface area (Å²) >= 11 is 0. The quantitative estimate of drug-likeness (QED) is 0.861. The minimum atomic E-state index is -3.35. The Morgan fingerprint density at radius 3 is 2.59 bits per heavy atom. The van der Waals surface area contributed by atoms with Gasteiger partial charge in [-0.2, -0.15) is 0 Å². The van der Waals surface area contributed by atoms with Crippen LogP contribution in [0.3, 0.4) is 0 Å². The van der Waals surface area contributed by atoms with Gasteiger partial charge in [0.05, 0.1) is 4.90 Å². The van der Waals surface area contributed by atoms with Crippen molar-refractivity contribution < 1.29 is 8.42 Å². The summed E-state index contributed by atoms with van der Waals surface area (Å²) in [4.78, 5) is 0.303. The van der Waals surface area contributed by atoms with Gasteiger partial charge in [-0.3, -0.25) is 0 Å². The van der Waals surface area contributed by atoms with Crippen LogP contribution in [0.25, 0.3) is 0 Å². The fourth-order valence-corrected chi connectivity index (χ4v) is 2.90. The topological polar surface area (TPSA) is 58.2 Å². The van der Waals surface area contributed by atoms with Crippen LogP contribution in [0, 0.1) is 5.92 Å². The third-order valence-electron chi connectivity index (χ3n) is 3.16. The molecule has 1 aromatic carbocycles. The van der Waals surface area contributed by atoms with Crippen molar-refractivity contribution in [2.75, 3.05) is 12.4 Å². The molecule has 0 atom stereocenters. The van der Waals surface area contributed by atoms with E-state index in [-0.39, 0.29) is 0 Å². The zero-order valence-electron chi connectivity index (χ0n) is 10.1. The number of sulfonamides is 1. The van der Waals surface area contributed by atoms with Crippen LogP contribution in [-0.2, 0) is 10.0 Å². The van der Waals surface area contributed by atoms with Crippen molar-refractivity contribution in [1.82, 2.24) is 4.72 Å². The van der Waals surface area contributed by atoms with Crippen LogP contribution in [0.4, 0.5) is 5.69 Å². The van der Waals surface area contributed by atoms with E-state index >= 15 is 0 Å². The average Bonchev–Trinajstić information content (AvgIpc) is 2.27. The van der Waals surface area contributed by atoms with E-state index in [1.54, 1.807) is 18.2 Å². The van der Waals surface area contributed by atoms with Crippen molar-refractivity contribution in [2.45, 2.75) is 30.7 Å². The summed E-state index contributed by atoms with van der Waals surface area (Å²) in [6, 6.07) is 7.42. The van der Waals surface area contributed by atoms with Crippen molar-refractivity contribution in [3.05, 3.63) is 24.3 Å². The summed E-state index contributed by atoms with van der Waals surface area (Å²) < 4.78 is 25.6. The second-order valence-electron chi connectivity index (χ2n) is 4.65. The molecule has 0 amide bonds. The Bertz CT molecular complexity index is 493. The van der Waals surface area contributed by atoms with E-state index in [4.69, 9.17) is 0 Å². The first kappa shape index (κ1) is 12.4. The van der Waals surface area contributed by atoms with E-state index in [1.807, 2.05) is 6.07 Å². The maximum atomic E-state index is 11.6. The Hall–Kier alpha value is -1.07. The molecule has 0 radical (unpaired) electrons. The van der Waals surface area contributed by atoms with Gasteiger partial charge in [-0.15, -0.1) is 0 Å². The lowest BCUT2D eigenvalue weighted by atomic mass is 9.82. The molecule has 1 fully saturated rings. The minimum absolute atomic E-state index is 0.303. The van der Waals surface area contributed by atoms with Gasteiger partial charge in [0.2, 0.25) is 10.0 Å². The molecule has 0 spiro atoms. The van der Waals surface area contributed by atoms with Gasteiger partial charge in [-0.05, 0) is 44.0 Å². The highest BCUT2D eigenvalue weighted by Gasteiger charge is 2.25. The van der Waals surface area contributed by atoms with Crippen molar-refractivity contribution in [3.8, 4) is 0 Å². The average molecular weight is 254 g/mol. The molecular formula is C12H18N2O2S. The second kappa shape index (κ2) is 4.66. The summed E-state index contributed by atoms with van der Waals surface area (Å²) in [7, 11) is -1.93. The molecule has 0 heterocycles. The van der Waals surface area contributed by atoms with Crippen LogP contribution in [0.5, 0.6) is 0 Å². The lowest BCUT2D eigenvalue weighted by molar-refractivity contribution is 0.309. The fourth-order valence-electron chi connectivity index (χ4n) is 2.13. The van der Waals surface area contributed by atoms with Crippen LogP contribution in [0.1, 0.15) is 19.8 Å². The predicted molar refractivity (Wildman–Crippen MR) is 68.5 cm³/mol. The Balaban J connectivity index is 2.12. The van der Waals surface area contributed by atoms with Gasteiger partial charge in [0.25, 0.3) is 0 Å². The molecule has 17 heavy (non-hydrogen) atoms. The van der Waals surface area contributed by atoms with Gasteiger partial charge in [0.1, 0.15) is 0 Å². The predicted octanol–water partition coefficient (Wildman–Crippen LogP) is 1.81. The first-order valence-corrected chi connectivity index (χ1v) is 7.30. The SMILES string of the molecule is CNS(=O)(=O)c1cccc(NC2CC(C)C2)c1. The summed E-state index contributed by atoms with van der Waals surface area (Å²) in [6.45, 7) is 2.22. The number of hydrogen-bond donors (Lipinski definition) is 2. The Kier molecular flexibility index (Phi) is 3.40. The highest BCUT2D eigenvalue weighted by atomic mass is 32.2. The number of rotatable bonds is 4. The highest BCUT2D eigenvalue weighted by molar-refractivity contribution is 7.89. The van der Waals surface area contributed by atoms with Crippen LogP contribution < -0.4 is 10.0 Å². The molecule has 94 valence electrons. The molecule has 1 aromatic rings. The minimum Gasteiger partial charge on any atom is -0.382 e. The lowest BCUT2D eigenvalue weighted by Crippen LogP contribution is -2.33. The molecule has 4 nitrogen and oxygen atoms in total. The normalized spacial score (nSPS) is 24.1. The standard InChI is InChI=1S/C12H18N2O2S/c1-9-6-11(7-9)14-10-4-3-5-12(8-10)17(15,16)13-2/h3-5,8-9,11,13-14H,6-7H2,1-2H3. The first-order chi connectivity index (χ1) is 8.01. The van der Waals surface area contributed by atoms with E-state index in [2.05, 4.69) is 17.0 Å². The van der Waals surface area contributed by atoms with Crippen molar-refractivity contribution in [2.24, 2.45) is 5.92 Å². The third kappa shape index (κ3) is 2.79. The second-order valence-corrected chi connectivity index (χ2v) is 6.54. The van der Waals surface area contributed by atoms with Gasteiger partial charge in [-0.1, -0.05) is 13.0 Å². The molecule has 5 heteroatoms. The molecule has 0 aromatic heterocycles. The Morgan fingerprint density at radius 2 is 2.00 bits per heavy atom. The lowest BCUT2D eigenvalue weighted by Gasteiger charge is -2.34. The smallest absolute Gasteiger partial charge is 0.240 e. The van der Waals surface area contributed by atoms with Crippen LogP contribution >= 0.6 is 0 Å². The Morgan fingerprint density at radius 1 is 1.29 bits per heavy atom. The third-order valence-corrected chi connectivity index (χ3v) is 4.57. The van der Waals surface area contributed by atoms with E-state index in [9.17, 15) is 8.42 Å². The molecule has 0 aliphatic heterocycles. The maximum absolute atomic E-state index is 11.6. The summed E-state index contributed by atoms with van der Waals surface area (Å²) in [5.74, 6) is 0.775. The number of benzene rings is 1. The number of nitrogens with one attached hydrogen (secondary N) is 2. The molecule has 0 saturated heterocycles. The molecule has 1 aliphatic rings. The van der Waals surface area contributed by atoms with Crippen LogP contribution in [0.15, 0.2) is 29.2 Å². The maximum Gasteiger partial charge on any atom is 0.240 e. The van der Waals surface area contributed by atoms with E-state index < -0.39 is 10.0 Å². The first-order valence-electron chi connectivity index (χ1n) is 5.81. The van der Waals surface area contributed by atoms with Crippen molar-refractivity contribution in [1.29, 1.82) is 0 Å². The highest BCUT2D eigenvalue weighted by Crippen LogP contribution is 2.29. The number of hydrogen-bond acceptors (Lipinski definition) is 3. The largest absolute Gasteiger partial charge is 0.382 e.